The highest BCUT2D eigenvalue weighted by Gasteiger charge is 2.27. The molecule has 0 radical (unpaired) electrons. The Bertz CT molecular complexity index is 253. The Hall–Kier alpha value is -0.760. The van der Waals surface area contributed by atoms with Gasteiger partial charge in [-0.3, -0.25) is 0 Å². The van der Waals surface area contributed by atoms with Gasteiger partial charge in [0.25, 0.3) is 0 Å². The molecule has 13 heavy (non-hydrogen) atoms. The Balaban J connectivity index is 1.99. The van der Waals surface area contributed by atoms with Gasteiger partial charge in [-0.2, -0.15) is 0 Å². The summed E-state index contributed by atoms with van der Waals surface area (Å²) < 4.78 is 7.98. The van der Waals surface area contributed by atoms with E-state index in [1.54, 1.807) is 0 Å². The van der Waals surface area contributed by atoms with E-state index in [0.29, 0.717) is 18.1 Å². The van der Waals surface area contributed by atoms with E-state index < -0.39 is 0 Å². The van der Waals surface area contributed by atoms with Crippen LogP contribution >= 0.6 is 0 Å². The minimum atomic E-state index is 0.451. The Morgan fingerprint density at radius 3 is 2.54 bits per heavy atom. The molecule has 0 aromatic carbocycles. The zero-order chi connectivity index (χ0) is 9.26. The van der Waals surface area contributed by atoms with Crippen LogP contribution in [0.3, 0.4) is 0 Å². The van der Waals surface area contributed by atoms with Crippen molar-refractivity contribution in [2.24, 2.45) is 5.92 Å². The molecule has 0 amide bonds. The first-order valence-electron chi connectivity index (χ1n) is 5.01. The first-order chi connectivity index (χ1) is 6.27. The molecular formula is C11H17NO. The lowest BCUT2D eigenvalue weighted by Gasteiger charge is -2.13. The number of hydrogen-bond donors (Lipinski definition) is 0. The number of nitrogens with zero attached hydrogens (tertiary/aromatic N) is 1. The fourth-order valence-corrected chi connectivity index (χ4v) is 1.90. The van der Waals surface area contributed by atoms with Crippen molar-refractivity contribution < 1.29 is 4.74 Å². The van der Waals surface area contributed by atoms with Crippen molar-refractivity contribution in [3.05, 3.63) is 24.5 Å². The SMILES string of the molecule is CC(C)C1CC(n2cccc2)CO1. The molecule has 2 heteroatoms. The van der Waals surface area contributed by atoms with E-state index in [4.69, 9.17) is 4.74 Å². The molecule has 0 saturated carbocycles. The Morgan fingerprint density at radius 1 is 1.31 bits per heavy atom. The summed E-state index contributed by atoms with van der Waals surface area (Å²) in [6, 6.07) is 4.70. The summed E-state index contributed by atoms with van der Waals surface area (Å²) in [5.74, 6) is 0.639. The molecule has 1 aromatic heterocycles. The quantitative estimate of drug-likeness (QED) is 0.680. The first kappa shape index (κ1) is 8.82. The molecule has 2 unspecified atom stereocenters. The summed E-state index contributed by atoms with van der Waals surface area (Å²) in [6.45, 7) is 5.32. The molecule has 2 nitrogen and oxygen atoms in total. The second-order valence-corrected chi connectivity index (χ2v) is 4.14. The largest absolute Gasteiger partial charge is 0.376 e. The maximum Gasteiger partial charge on any atom is 0.0678 e. The maximum atomic E-state index is 5.73. The van der Waals surface area contributed by atoms with Crippen molar-refractivity contribution in [2.75, 3.05) is 6.61 Å². The van der Waals surface area contributed by atoms with Crippen molar-refractivity contribution >= 4 is 0 Å². The van der Waals surface area contributed by atoms with Gasteiger partial charge < -0.3 is 9.30 Å². The lowest BCUT2D eigenvalue weighted by molar-refractivity contribution is 0.0734. The number of hydrogen-bond acceptors (Lipinski definition) is 1. The molecule has 1 saturated heterocycles. The van der Waals surface area contributed by atoms with Crippen LogP contribution in [-0.4, -0.2) is 17.3 Å². The maximum absolute atomic E-state index is 5.73. The van der Waals surface area contributed by atoms with Crippen LogP contribution in [0.1, 0.15) is 26.3 Å². The number of rotatable bonds is 2. The average molecular weight is 179 g/mol. The molecule has 0 bridgehead atoms. The summed E-state index contributed by atoms with van der Waals surface area (Å²) in [5.41, 5.74) is 0. The first-order valence-corrected chi connectivity index (χ1v) is 5.01. The van der Waals surface area contributed by atoms with Gasteiger partial charge in [0.1, 0.15) is 0 Å². The Morgan fingerprint density at radius 2 is 2.00 bits per heavy atom. The second-order valence-electron chi connectivity index (χ2n) is 4.14. The molecular weight excluding hydrogens is 162 g/mol. The van der Waals surface area contributed by atoms with Crippen LogP contribution in [0.5, 0.6) is 0 Å². The van der Waals surface area contributed by atoms with E-state index in [2.05, 4.69) is 42.9 Å². The molecule has 1 aliphatic rings. The van der Waals surface area contributed by atoms with Crippen LogP contribution < -0.4 is 0 Å². The van der Waals surface area contributed by atoms with E-state index in [9.17, 15) is 0 Å². The minimum Gasteiger partial charge on any atom is -0.376 e. The summed E-state index contributed by atoms with van der Waals surface area (Å²) in [6.07, 6.45) is 5.85. The minimum absolute atomic E-state index is 0.451. The van der Waals surface area contributed by atoms with Crippen LogP contribution in [0.2, 0.25) is 0 Å². The van der Waals surface area contributed by atoms with Gasteiger partial charge in [-0.05, 0) is 24.5 Å². The van der Waals surface area contributed by atoms with Crippen LogP contribution in [0.15, 0.2) is 24.5 Å². The van der Waals surface area contributed by atoms with Crippen molar-refractivity contribution in [1.29, 1.82) is 0 Å². The normalized spacial score (nSPS) is 28.5. The van der Waals surface area contributed by atoms with E-state index in [1.165, 1.54) is 0 Å². The van der Waals surface area contributed by atoms with Gasteiger partial charge in [0.15, 0.2) is 0 Å². The van der Waals surface area contributed by atoms with Crippen LogP contribution in [-0.2, 0) is 4.74 Å². The van der Waals surface area contributed by atoms with Crippen LogP contribution in [0, 0.1) is 5.92 Å². The molecule has 0 N–H and O–H groups in total. The van der Waals surface area contributed by atoms with Crippen molar-refractivity contribution in [2.45, 2.75) is 32.4 Å². The standard InChI is InChI=1S/C11H17NO/c1-9(2)11-7-10(8-13-11)12-5-3-4-6-12/h3-6,9-11H,7-8H2,1-2H3. The summed E-state index contributed by atoms with van der Waals surface area (Å²) in [7, 11) is 0. The zero-order valence-corrected chi connectivity index (χ0v) is 8.31. The third kappa shape index (κ3) is 1.78. The topological polar surface area (TPSA) is 14.2 Å². The summed E-state index contributed by atoms with van der Waals surface area (Å²) in [5, 5.41) is 0. The van der Waals surface area contributed by atoms with Crippen LogP contribution in [0.4, 0.5) is 0 Å². The predicted octanol–water partition coefficient (Wildman–Crippen LogP) is 2.47. The van der Waals surface area contributed by atoms with Gasteiger partial charge in [-0.1, -0.05) is 13.8 Å². The highest BCUT2D eigenvalue weighted by atomic mass is 16.5. The molecule has 2 heterocycles. The molecule has 1 aliphatic heterocycles. The molecule has 0 spiro atoms. The van der Waals surface area contributed by atoms with Crippen molar-refractivity contribution in [3.8, 4) is 0 Å². The van der Waals surface area contributed by atoms with Gasteiger partial charge in [0.05, 0.1) is 18.8 Å². The van der Waals surface area contributed by atoms with E-state index in [-0.39, 0.29) is 0 Å². The van der Waals surface area contributed by atoms with Gasteiger partial charge in [0.2, 0.25) is 0 Å². The molecule has 2 rings (SSSR count). The smallest absolute Gasteiger partial charge is 0.0678 e. The Labute approximate surface area is 79.5 Å². The number of aromatic nitrogens is 1. The molecule has 1 fully saturated rings. The van der Waals surface area contributed by atoms with E-state index in [0.717, 1.165) is 13.0 Å². The average Bonchev–Trinajstić information content (AvgIpc) is 2.75. The predicted molar refractivity (Wildman–Crippen MR) is 52.7 cm³/mol. The second kappa shape index (κ2) is 3.54. The highest BCUT2D eigenvalue weighted by Crippen LogP contribution is 2.28. The summed E-state index contributed by atoms with van der Waals surface area (Å²) >= 11 is 0. The van der Waals surface area contributed by atoms with E-state index in [1.807, 2.05) is 0 Å². The molecule has 72 valence electrons. The van der Waals surface area contributed by atoms with Gasteiger partial charge in [-0.15, -0.1) is 0 Å². The zero-order valence-electron chi connectivity index (χ0n) is 8.31. The monoisotopic (exact) mass is 179 g/mol. The molecule has 2 atom stereocenters. The fraction of sp³-hybridized carbons (Fsp3) is 0.636. The van der Waals surface area contributed by atoms with Gasteiger partial charge in [0, 0.05) is 12.4 Å². The lowest BCUT2D eigenvalue weighted by Crippen LogP contribution is -2.13. The van der Waals surface area contributed by atoms with Gasteiger partial charge >= 0.3 is 0 Å². The third-order valence-corrected chi connectivity index (χ3v) is 2.80. The van der Waals surface area contributed by atoms with Crippen molar-refractivity contribution in [1.82, 2.24) is 4.57 Å². The lowest BCUT2D eigenvalue weighted by atomic mass is 10.0. The number of ether oxygens (including phenoxy) is 1. The highest BCUT2D eigenvalue weighted by molar-refractivity contribution is 4.95. The summed E-state index contributed by atoms with van der Waals surface area (Å²) in [4.78, 5) is 0. The fourth-order valence-electron chi connectivity index (χ4n) is 1.90. The Kier molecular flexibility index (Phi) is 2.40. The molecule has 0 aliphatic carbocycles. The van der Waals surface area contributed by atoms with E-state index >= 15 is 0 Å². The molecule has 1 aromatic rings. The van der Waals surface area contributed by atoms with Crippen LogP contribution in [0.25, 0.3) is 0 Å². The van der Waals surface area contributed by atoms with Gasteiger partial charge in [-0.25, -0.2) is 0 Å². The van der Waals surface area contributed by atoms with Crippen molar-refractivity contribution in [3.63, 3.8) is 0 Å². The third-order valence-electron chi connectivity index (χ3n) is 2.80.